The lowest BCUT2D eigenvalue weighted by atomic mass is 9.87. The number of hydrogen-bond donors (Lipinski definition) is 1. The number of carbonyl (C=O) groups excluding carboxylic acids is 2. The van der Waals surface area contributed by atoms with Crippen LogP contribution in [0.25, 0.3) is 0 Å². The lowest BCUT2D eigenvalue weighted by Gasteiger charge is -2.19. The first-order chi connectivity index (χ1) is 12.9. The van der Waals surface area contributed by atoms with Crippen molar-refractivity contribution in [1.82, 2.24) is 0 Å². The van der Waals surface area contributed by atoms with E-state index in [2.05, 4.69) is 12.2 Å². The number of fused-ring (bicyclic) bond motifs is 1. The molecule has 27 heavy (non-hydrogen) atoms. The van der Waals surface area contributed by atoms with Gasteiger partial charge in [0, 0.05) is 10.4 Å². The van der Waals surface area contributed by atoms with E-state index in [9.17, 15) is 9.59 Å². The molecule has 6 nitrogen and oxygen atoms in total. The van der Waals surface area contributed by atoms with Crippen LogP contribution in [-0.2, 0) is 22.4 Å². The number of hydrogen-bond acceptors (Lipinski definition) is 6. The second-order valence-corrected chi connectivity index (χ2v) is 7.94. The first kappa shape index (κ1) is 19.2. The first-order valence-electron chi connectivity index (χ1n) is 9.01. The summed E-state index contributed by atoms with van der Waals surface area (Å²) in [6.07, 6.45) is 4.31. The fraction of sp³-hybridized carbons (Fsp3) is 0.450. The highest BCUT2D eigenvalue weighted by Crippen LogP contribution is 2.33. The highest BCUT2D eigenvalue weighted by Gasteiger charge is 2.23. The molecule has 2 aromatic heterocycles. The summed E-state index contributed by atoms with van der Waals surface area (Å²) in [5, 5.41) is 11.7. The second kappa shape index (κ2) is 7.97. The number of thiophene rings is 1. The number of rotatable bonds is 5. The lowest BCUT2D eigenvalue weighted by molar-refractivity contribution is -0.119. The van der Waals surface area contributed by atoms with Crippen LogP contribution in [0, 0.1) is 31.1 Å². The molecule has 3 rings (SSSR count). The molecule has 1 aliphatic carbocycles. The Hall–Kier alpha value is -2.59. The van der Waals surface area contributed by atoms with Gasteiger partial charge in [-0.15, -0.1) is 11.3 Å². The number of nitrogens with one attached hydrogen (secondary N) is 1. The molecule has 1 atom stereocenters. The summed E-state index contributed by atoms with van der Waals surface area (Å²) >= 11 is 1.46. The van der Waals surface area contributed by atoms with Crippen molar-refractivity contribution in [3.8, 4) is 6.07 Å². The monoisotopic (exact) mass is 386 g/mol. The Labute approximate surface area is 162 Å². The molecule has 0 spiro atoms. The molecule has 2 aromatic rings. The fourth-order valence-corrected chi connectivity index (χ4v) is 4.36. The van der Waals surface area contributed by atoms with Crippen LogP contribution < -0.4 is 5.32 Å². The maximum absolute atomic E-state index is 12.3. The van der Waals surface area contributed by atoms with Gasteiger partial charge in [-0.1, -0.05) is 13.3 Å². The third-order valence-corrected chi connectivity index (χ3v) is 6.26. The average molecular weight is 386 g/mol. The molecule has 1 aliphatic rings. The van der Waals surface area contributed by atoms with E-state index in [-0.39, 0.29) is 11.4 Å². The standard InChI is InChI=1S/C20H22N2O4S/c1-4-13-5-6-16-14(7-13)8-17(27-16)20(24)25-10-18(23)22-19-15(9-21)11(2)12(3)26-19/h8,13H,4-7,10H2,1-3H3,(H,22,23). The zero-order valence-electron chi connectivity index (χ0n) is 15.7. The van der Waals surface area contributed by atoms with Gasteiger partial charge in [-0.2, -0.15) is 5.26 Å². The molecule has 0 aromatic carbocycles. The van der Waals surface area contributed by atoms with Crippen molar-refractivity contribution < 1.29 is 18.7 Å². The van der Waals surface area contributed by atoms with Crippen LogP contribution in [0.3, 0.4) is 0 Å². The largest absolute Gasteiger partial charge is 0.451 e. The number of ether oxygens (including phenoxy) is 1. The first-order valence-corrected chi connectivity index (χ1v) is 9.83. The smallest absolute Gasteiger partial charge is 0.348 e. The van der Waals surface area contributed by atoms with Gasteiger partial charge in [-0.25, -0.2) is 4.79 Å². The van der Waals surface area contributed by atoms with E-state index in [1.54, 1.807) is 13.8 Å². The predicted molar refractivity (Wildman–Crippen MR) is 102 cm³/mol. The molecule has 7 heteroatoms. The van der Waals surface area contributed by atoms with Crippen molar-refractivity contribution in [3.63, 3.8) is 0 Å². The minimum Gasteiger partial charge on any atom is -0.451 e. The molecule has 1 unspecified atom stereocenters. The molecule has 1 N–H and O–H groups in total. The van der Waals surface area contributed by atoms with E-state index in [0.717, 1.165) is 25.7 Å². The second-order valence-electron chi connectivity index (χ2n) is 6.80. The molecule has 0 fully saturated rings. The third-order valence-electron chi connectivity index (χ3n) is 5.05. The van der Waals surface area contributed by atoms with E-state index in [0.29, 0.717) is 22.1 Å². The van der Waals surface area contributed by atoms with Gasteiger partial charge < -0.3 is 9.15 Å². The highest BCUT2D eigenvalue weighted by molar-refractivity contribution is 7.14. The number of anilines is 1. The lowest BCUT2D eigenvalue weighted by Crippen LogP contribution is -2.20. The van der Waals surface area contributed by atoms with Crippen LogP contribution in [0.4, 0.5) is 5.88 Å². The van der Waals surface area contributed by atoms with Gasteiger partial charge in [0.05, 0.1) is 0 Å². The molecule has 0 bridgehead atoms. The average Bonchev–Trinajstić information content (AvgIpc) is 3.20. The van der Waals surface area contributed by atoms with E-state index in [4.69, 9.17) is 14.4 Å². The predicted octanol–water partition coefficient (Wildman–Crippen LogP) is 4.14. The third kappa shape index (κ3) is 4.06. The van der Waals surface area contributed by atoms with Crippen molar-refractivity contribution in [2.45, 2.75) is 46.5 Å². The molecule has 0 radical (unpaired) electrons. The van der Waals surface area contributed by atoms with Gasteiger partial charge in [-0.05, 0) is 50.7 Å². The van der Waals surface area contributed by atoms with Crippen molar-refractivity contribution in [2.24, 2.45) is 5.92 Å². The quantitative estimate of drug-likeness (QED) is 0.780. The normalized spacial score (nSPS) is 15.7. The van der Waals surface area contributed by atoms with Gasteiger partial charge in [0.15, 0.2) is 6.61 Å². The Morgan fingerprint density at radius 2 is 2.22 bits per heavy atom. The van der Waals surface area contributed by atoms with Crippen LogP contribution in [-0.4, -0.2) is 18.5 Å². The molecule has 1 amide bonds. The Morgan fingerprint density at radius 3 is 2.93 bits per heavy atom. The Morgan fingerprint density at radius 1 is 1.44 bits per heavy atom. The molecular formula is C20H22N2O4S. The zero-order chi connectivity index (χ0) is 19.6. The molecule has 142 valence electrons. The Balaban J connectivity index is 1.58. The van der Waals surface area contributed by atoms with Crippen molar-refractivity contribution >= 4 is 29.1 Å². The fourth-order valence-electron chi connectivity index (χ4n) is 3.26. The summed E-state index contributed by atoms with van der Waals surface area (Å²) in [6.45, 7) is 5.22. The summed E-state index contributed by atoms with van der Waals surface area (Å²) in [7, 11) is 0. The zero-order valence-corrected chi connectivity index (χ0v) is 16.5. The topological polar surface area (TPSA) is 92.3 Å². The minimum absolute atomic E-state index is 0.0887. The van der Waals surface area contributed by atoms with Crippen LogP contribution in [0.15, 0.2) is 10.5 Å². The van der Waals surface area contributed by atoms with Gasteiger partial charge in [-0.3, -0.25) is 10.1 Å². The minimum atomic E-state index is -0.541. The summed E-state index contributed by atoms with van der Waals surface area (Å²) in [5.74, 6) is 0.293. The van der Waals surface area contributed by atoms with Crippen LogP contribution >= 0.6 is 11.3 Å². The van der Waals surface area contributed by atoms with Crippen molar-refractivity contribution in [3.05, 3.63) is 38.3 Å². The van der Waals surface area contributed by atoms with Crippen molar-refractivity contribution in [1.29, 1.82) is 5.26 Å². The maximum atomic E-state index is 12.3. The van der Waals surface area contributed by atoms with E-state index < -0.39 is 18.5 Å². The number of nitrogens with zero attached hydrogens (tertiary/aromatic N) is 1. The Bertz CT molecular complexity index is 919. The van der Waals surface area contributed by atoms with E-state index >= 15 is 0 Å². The van der Waals surface area contributed by atoms with Gasteiger partial charge in [0.2, 0.25) is 5.88 Å². The highest BCUT2D eigenvalue weighted by atomic mass is 32.1. The summed E-state index contributed by atoms with van der Waals surface area (Å²) < 4.78 is 10.5. The summed E-state index contributed by atoms with van der Waals surface area (Å²) in [5.41, 5.74) is 2.19. The number of amides is 1. The molecule has 0 saturated carbocycles. The number of esters is 1. The van der Waals surface area contributed by atoms with Crippen molar-refractivity contribution in [2.75, 3.05) is 11.9 Å². The van der Waals surface area contributed by atoms with Gasteiger partial charge in [0.25, 0.3) is 5.91 Å². The summed E-state index contributed by atoms with van der Waals surface area (Å²) in [4.78, 5) is 26.1. The van der Waals surface area contributed by atoms with E-state index in [1.807, 2.05) is 12.1 Å². The number of carbonyl (C=O) groups is 2. The molecular weight excluding hydrogens is 364 g/mol. The van der Waals surface area contributed by atoms with Crippen LogP contribution in [0.2, 0.25) is 0 Å². The Kier molecular flexibility index (Phi) is 5.66. The molecule has 2 heterocycles. The van der Waals surface area contributed by atoms with Gasteiger partial charge >= 0.3 is 5.97 Å². The SMILES string of the molecule is CCC1CCc2sc(C(=O)OCC(=O)Nc3oc(C)c(C)c3C#N)cc2C1. The number of furan rings is 1. The van der Waals surface area contributed by atoms with Gasteiger partial charge in [0.1, 0.15) is 22.3 Å². The number of nitriles is 1. The maximum Gasteiger partial charge on any atom is 0.348 e. The van der Waals surface area contributed by atoms with Crippen LogP contribution in [0.5, 0.6) is 0 Å². The van der Waals surface area contributed by atoms with E-state index in [1.165, 1.54) is 21.8 Å². The number of aryl methyl sites for hydroxylation is 2. The molecule has 0 saturated heterocycles. The van der Waals surface area contributed by atoms with Crippen LogP contribution in [0.1, 0.15) is 56.8 Å². The summed E-state index contributed by atoms with van der Waals surface area (Å²) in [6, 6.07) is 3.90. The molecule has 0 aliphatic heterocycles.